The predicted molar refractivity (Wildman–Crippen MR) is 118 cm³/mol. The molecule has 0 spiro atoms. The number of nitrogens with one attached hydrogen (secondary N) is 3. The van der Waals surface area contributed by atoms with Gasteiger partial charge in [0.05, 0.1) is 6.04 Å². The number of thiol groups is 1. The van der Waals surface area contributed by atoms with Crippen LogP contribution in [0.15, 0.2) is 0 Å². The summed E-state index contributed by atoms with van der Waals surface area (Å²) in [5, 5.41) is 16.8. The van der Waals surface area contributed by atoms with Gasteiger partial charge in [0.25, 0.3) is 0 Å². The maximum atomic E-state index is 12.7. The van der Waals surface area contributed by atoms with Crippen LogP contribution in [0.5, 0.6) is 0 Å². The van der Waals surface area contributed by atoms with Crippen LogP contribution in [0, 0.1) is 11.8 Å². The zero-order valence-corrected chi connectivity index (χ0v) is 19.3. The van der Waals surface area contributed by atoms with E-state index < -0.39 is 47.9 Å². The number of thioether (sulfide) groups is 1. The van der Waals surface area contributed by atoms with Gasteiger partial charge in [-0.25, -0.2) is 4.79 Å². The summed E-state index contributed by atoms with van der Waals surface area (Å²) in [7, 11) is 0. The molecule has 3 amide bonds. The van der Waals surface area contributed by atoms with Crippen molar-refractivity contribution >= 4 is 48.1 Å². The molecular formula is C18H34N4O5S2. The molecule has 11 heteroatoms. The second-order valence-corrected chi connectivity index (χ2v) is 8.78. The summed E-state index contributed by atoms with van der Waals surface area (Å²) in [5.74, 6) is -2.72. The molecule has 9 nitrogen and oxygen atoms in total. The van der Waals surface area contributed by atoms with Crippen LogP contribution < -0.4 is 21.7 Å². The fourth-order valence-electron chi connectivity index (χ4n) is 2.39. The van der Waals surface area contributed by atoms with Crippen molar-refractivity contribution < 1.29 is 24.3 Å². The Morgan fingerprint density at radius 1 is 0.931 bits per heavy atom. The van der Waals surface area contributed by atoms with Crippen molar-refractivity contribution in [3.63, 3.8) is 0 Å². The highest BCUT2D eigenvalue weighted by atomic mass is 32.2. The van der Waals surface area contributed by atoms with Gasteiger partial charge in [-0.2, -0.15) is 24.4 Å². The first-order chi connectivity index (χ1) is 13.5. The van der Waals surface area contributed by atoms with Crippen molar-refractivity contribution in [3.8, 4) is 0 Å². The van der Waals surface area contributed by atoms with Crippen LogP contribution in [0.4, 0.5) is 0 Å². The van der Waals surface area contributed by atoms with Gasteiger partial charge in [-0.3, -0.25) is 14.4 Å². The van der Waals surface area contributed by atoms with E-state index in [1.807, 2.05) is 6.26 Å². The number of aliphatic carboxylic acids is 1. The highest BCUT2D eigenvalue weighted by molar-refractivity contribution is 7.98. The first kappa shape index (κ1) is 27.5. The van der Waals surface area contributed by atoms with E-state index in [9.17, 15) is 24.3 Å². The van der Waals surface area contributed by atoms with Gasteiger partial charge in [-0.15, -0.1) is 0 Å². The number of carbonyl (C=O) groups is 4. The lowest BCUT2D eigenvalue weighted by Crippen LogP contribution is -2.59. The number of rotatable bonds is 13. The number of carbonyl (C=O) groups excluding carboxylic acids is 3. The lowest BCUT2D eigenvalue weighted by Gasteiger charge is -2.27. The highest BCUT2D eigenvalue weighted by Crippen LogP contribution is 2.07. The van der Waals surface area contributed by atoms with Crippen LogP contribution in [-0.4, -0.2) is 70.7 Å². The molecular weight excluding hydrogens is 416 g/mol. The van der Waals surface area contributed by atoms with Gasteiger partial charge < -0.3 is 26.8 Å². The zero-order chi connectivity index (χ0) is 22.7. The molecule has 29 heavy (non-hydrogen) atoms. The standard InChI is InChI=1S/C18H34N4O5S2/c1-9(2)13(21-15(23)11(19)6-7-29-5)17(25)20-12(8-28)16(24)22-14(10(3)4)18(26)27/h9-14,28H,6-8,19H2,1-5H3,(H,20,25)(H,21,23)(H,22,24)(H,26,27). The molecule has 4 unspecified atom stereocenters. The molecule has 0 fully saturated rings. The average Bonchev–Trinajstić information content (AvgIpc) is 2.64. The Bertz CT molecular complexity index is 574. The van der Waals surface area contributed by atoms with E-state index >= 15 is 0 Å². The molecule has 6 N–H and O–H groups in total. The normalized spacial score (nSPS) is 15.3. The minimum absolute atomic E-state index is 0.0337. The fraction of sp³-hybridized carbons (Fsp3) is 0.778. The fourth-order valence-corrected chi connectivity index (χ4v) is 3.14. The predicted octanol–water partition coefficient (Wildman–Crippen LogP) is -0.152. The number of nitrogens with two attached hydrogens (primary N) is 1. The van der Waals surface area contributed by atoms with Crippen molar-refractivity contribution in [2.24, 2.45) is 17.6 Å². The molecule has 0 rings (SSSR count). The van der Waals surface area contributed by atoms with E-state index in [4.69, 9.17) is 5.73 Å². The second-order valence-electron chi connectivity index (χ2n) is 7.43. The molecule has 0 saturated heterocycles. The topological polar surface area (TPSA) is 151 Å². The van der Waals surface area contributed by atoms with Crippen LogP contribution in [-0.2, 0) is 19.2 Å². The molecule has 0 radical (unpaired) electrons. The molecule has 0 aromatic rings. The maximum absolute atomic E-state index is 12.7. The second kappa shape index (κ2) is 13.7. The number of amides is 3. The summed E-state index contributed by atoms with van der Waals surface area (Å²) in [6.45, 7) is 6.84. The van der Waals surface area contributed by atoms with Crippen molar-refractivity contribution in [1.82, 2.24) is 16.0 Å². The third-order valence-corrected chi connectivity index (χ3v) is 5.27. The molecule has 0 aliphatic carbocycles. The molecule has 0 aromatic heterocycles. The van der Waals surface area contributed by atoms with E-state index in [2.05, 4.69) is 28.6 Å². The lowest BCUT2D eigenvalue weighted by molar-refractivity contribution is -0.143. The van der Waals surface area contributed by atoms with Crippen molar-refractivity contribution in [2.45, 2.75) is 58.3 Å². The van der Waals surface area contributed by atoms with Crippen LogP contribution in [0.2, 0.25) is 0 Å². The quantitative estimate of drug-likeness (QED) is 0.214. The average molecular weight is 451 g/mol. The largest absolute Gasteiger partial charge is 0.480 e. The van der Waals surface area contributed by atoms with E-state index in [1.54, 1.807) is 39.5 Å². The Morgan fingerprint density at radius 3 is 1.86 bits per heavy atom. The first-order valence-corrected chi connectivity index (χ1v) is 11.5. The minimum atomic E-state index is -1.16. The number of hydrogen-bond acceptors (Lipinski definition) is 7. The lowest BCUT2D eigenvalue weighted by atomic mass is 10.0. The molecule has 168 valence electrons. The SMILES string of the molecule is CSCCC(N)C(=O)NC(C(=O)NC(CS)C(=O)NC(C(=O)O)C(C)C)C(C)C. The summed E-state index contributed by atoms with van der Waals surface area (Å²) >= 11 is 5.65. The van der Waals surface area contributed by atoms with Crippen molar-refractivity contribution in [3.05, 3.63) is 0 Å². The van der Waals surface area contributed by atoms with Crippen LogP contribution in [0.1, 0.15) is 34.1 Å². The molecule has 0 aliphatic rings. The van der Waals surface area contributed by atoms with Gasteiger partial charge in [0, 0.05) is 5.75 Å². The number of hydrogen-bond donors (Lipinski definition) is 6. The molecule has 4 atom stereocenters. The molecule has 0 aliphatic heterocycles. The summed E-state index contributed by atoms with van der Waals surface area (Å²) in [5.41, 5.74) is 5.85. The third kappa shape index (κ3) is 9.72. The van der Waals surface area contributed by atoms with Crippen LogP contribution in [0.25, 0.3) is 0 Å². The number of carboxylic acids is 1. The molecule has 0 bridgehead atoms. The maximum Gasteiger partial charge on any atom is 0.326 e. The van der Waals surface area contributed by atoms with Crippen molar-refractivity contribution in [1.29, 1.82) is 0 Å². The van der Waals surface area contributed by atoms with E-state index in [1.165, 1.54) is 0 Å². The summed E-state index contributed by atoms with van der Waals surface area (Å²) in [6, 6.07) is -3.76. The Balaban J connectivity index is 5.10. The molecule has 0 heterocycles. The molecule has 0 saturated carbocycles. The minimum Gasteiger partial charge on any atom is -0.480 e. The summed E-state index contributed by atoms with van der Waals surface area (Å²) < 4.78 is 0. The molecule has 0 aromatic carbocycles. The van der Waals surface area contributed by atoms with Gasteiger partial charge in [0.1, 0.15) is 18.1 Å². The Kier molecular flexibility index (Phi) is 13.0. The van der Waals surface area contributed by atoms with E-state index in [0.29, 0.717) is 6.42 Å². The Hall–Kier alpha value is -1.46. The van der Waals surface area contributed by atoms with Gasteiger partial charge in [-0.1, -0.05) is 27.7 Å². The smallest absolute Gasteiger partial charge is 0.326 e. The van der Waals surface area contributed by atoms with Gasteiger partial charge in [-0.05, 0) is 30.3 Å². The Morgan fingerprint density at radius 2 is 1.45 bits per heavy atom. The van der Waals surface area contributed by atoms with Crippen LogP contribution >= 0.6 is 24.4 Å². The van der Waals surface area contributed by atoms with Gasteiger partial charge in [0.2, 0.25) is 17.7 Å². The van der Waals surface area contributed by atoms with Crippen molar-refractivity contribution in [2.75, 3.05) is 17.8 Å². The number of carboxylic acid groups (broad SMARTS) is 1. The van der Waals surface area contributed by atoms with Crippen LogP contribution in [0.3, 0.4) is 0 Å². The van der Waals surface area contributed by atoms with Gasteiger partial charge >= 0.3 is 5.97 Å². The first-order valence-electron chi connectivity index (χ1n) is 9.45. The third-order valence-electron chi connectivity index (χ3n) is 4.26. The Labute approximate surface area is 182 Å². The van der Waals surface area contributed by atoms with Gasteiger partial charge in [0.15, 0.2) is 0 Å². The van der Waals surface area contributed by atoms with E-state index in [-0.39, 0.29) is 17.6 Å². The van der Waals surface area contributed by atoms with E-state index in [0.717, 1.165) is 5.75 Å². The summed E-state index contributed by atoms with van der Waals surface area (Å²) in [4.78, 5) is 48.7. The monoisotopic (exact) mass is 450 g/mol. The zero-order valence-electron chi connectivity index (χ0n) is 17.6. The summed E-state index contributed by atoms with van der Waals surface area (Å²) in [6.07, 6.45) is 2.39. The highest BCUT2D eigenvalue weighted by Gasteiger charge is 2.31.